The number of rotatable bonds is 2. The van der Waals surface area contributed by atoms with E-state index in [1.807, 2.05) is 36.6 Å². The minimum atomic E-state index is -0.583. The first-order valence-corrected chi connectivity index (χ1v) is 9.73. The summed E-state index contributed by atoms with van der Waals surface area (Å²) in [5, 5.41) is 12.9. The molecule has 3 heterocycles. The van der Waals surface area contributed by atoms with Gasteiger partial charge >= 0.3 is 0 Å². The van der Waals surface area contributed by atoms with Crippen LogP contribution in [0.5, 0.6) is 17.4 Å². The quantitative estimate of drug-likeness (QED) is 0.643. The van der Waals surface area contributed by atoms with E-state index in [4.69, 9.17) is 25.8 Å². The van der Waals surface area contributed by atoms with Gasteiger partial charge in [0.25, 0.3) is 0 Å². The number of nitrogens with zero attached hydrogens (tertiary/aromatic N) is 3. The first-order chi connectivity index (χ1) is 13.2. The number of halogens is 1. The van der Waals surface area contributed by atoms with E-state index in [0.717, 1.165) is 11.3 Å². The van der Waals surface area contributed by atoms with E-state index in [-0.39, 0.29) is 6.79 Å². The Labute approximate surface area is 164 Å². The molecule has 0 bridgehead atoms. The van der Waals surface area contributed by atoms with Crippen molar-refractivity contribution in [2.45, 2.75) is 11.4 Å². The smallest absolute Gasteiger partial charge is 0.247 e. The molecule has 0 saturated heterocycles. The molecule has 27 heavy (non-hydrogen) atoms. The predicted molar refractivity (Wildman–Crippen MR) is 102 cm³/mol. The predicted octanol–water partition coefficient (Wildman–Crippen LogP) is 4.15. The molecule has 3 aromatic rings. The van der Waals surface area contributed by atoms with E-state index < -0.39 is 6.23 Å². The zero-order chi connectivity index (χ0) is 18.4. The van der Waals surface area contributed by atoms with E-state index in [0.29, 0.717) is 38.8 Å². The van der Waals surface area contributed by atoms with Gasteiger partial charge in [0.15, 0.2) is 23.4 Å². The van der Waals surface area contributed by atoms with Crippen molar-refractivity contribution in [1.82, 2.24) is 15.2 Å². The maximum Gasteiger partial charge on any atom is 0.247 e. The summed E-state index contributed by atoms with van der Waals surface area (Å²) in [5.74, 6) is 1.64. The zero-order valence-corrected chi connectivity index (χ0v) is 15.7. The van der Waals surface area contributed by atoms with Crippen LogP contribution < -0.4 is 19.5 Å². The number of aromatic nitrogens is 3. The van der Waals surface area contributed by atoms with Crippen molar-refractivity contribution in [3.63, 3.8) is 0 Å². The molecule has 0 amide bonds. The first-order valence-electron chi connectivity index (χ1n) is 8.13. The van der Waals surface area contributed by atoms with E-state index in [9.17, 15) is 0 Å². The number of anilines is 1. The van der Waals surface area contributed by atoms with Crippen LogP contribution in [0.4, 0.5) is 5.69 Å². The first kappa shape index (κ1) is 16.5. The summed E-state index contributed by atoms with van der Waals surface area (Å²) in [6.07, 6.45) is 1.30. The third kappa shape index (κ3) is 2.81. The molecule has 136 valence electrons. The van der Waals surface area contributed by atoms with Gasteiger partial charge in [0, 0.05) is 22.9 Å². The number of para-hydroxylation sites is 1. The second-order valence-corrected chi connectivity index (χ2v) is 7.05. The fourth-order valence-electron chi connectivity index (χ4n) is 3.01. The molecule has 2 aliphatic rings. The van der Waals surface area contributed by atoms with Gasteiger partial charge in [0.05, 0.1) is 5.02 Å². The fraction of sp³-hybridized carbons (Fsp3) is 0.167. The van der Waals surface area contributed by atoms with Crippen LogP contribution in [0.1, 0.15) is 11.8 Å². The number of ether oxygens (including phenoxy) is 3. The van der Waals surface area contributed by atoms with Crippen molar-refractivity contribution in [2.24, 2.45) is 0 Å². The lowest BCUT2D eigenvalue weighted by Gasteiger charge is -2.20. The Hall–Kier alpha value is -2.71. The third-order valence-corrected chi connectivity index (χ3v) is 5.16. The molecule has 0 aliphatic carbocycles. The van der Waals surface area contributed by atoms with Crippen LogP contribution in [-0.2, 0) is 0 Å². The Bertz CT molecular complexity index is 1050. The Balaban J connectivity index is 1.66. The van der Waals surface area contributed by atoms with Gasteiger partial charge in [-0.05, 0) is 18.4 Å². The average Bonchev–Trinajstić information content (AvgIpc) is 3.07. The Morgan fingerprint density at radius 3 is 2.81 bits per heavy atom. The Morgan fingerprint density at radius 1 is 1.15 bits per heavy atom. The highest BCUT2D eigenvalue weighted by atomic mass is 35.5. The molecule has 1 aromatic heterocycles. The molecule has 0 spiro atoms. The molecule has 2 aliphatic heterocycles. The summed E-state index contributed by atoms with van der Waals surface area (Å²) >= 11 is 7.90. The molecule has 7 nitrogen and oxygen atoms in total. The van der Waals surface area contributed by atoms with Crippen molar-refractivity contribution in [2.75, 3.05) is 18.4 Å². The molecule has 1 atom stereocenters. The summed E-state index contributed by atoms with van der Waals surface area (Å²) in [6, 6.07) is 11.3. The van der Waals surface area contributed by atoms with Crippen LogP contribution in [0.2, 0.25) is 5.02 Å². The fourth-order valence-corrected chi connectivity index (χ4v) is 3.56. The number of hydrogen-bond donors (Lipinski definition) is 1. The van der Waals surface area contributed by atoms with Gasteiger partial charge in [0.1, 0.15) is 0 Å². The van der Waals surface area contributed by atoms with Gasteiger partial charge < -0.3 is 19.5 Å². The molecule has 0 fully saturated rings. The lowest BCUT2D eigenvalue weighted by atomic mass is 10.1. The molecular formula is C18H13ClN4O3S. The minimum Gasteiger partial charge on any atom is -0.454 e. The van der Waals surface area contributed by atoms with Crippen LogP contribution >= 0.6 is 23.4 Å². The number of thioether (sulfide) groups is 1. The number of hydrogen-bond acceptors (Lipinski definition) is 8. The van der Waals surface area contributed by atoms with Crippen molar-refractivity contribution in [3.05, 3.63) is 47.0 Å². The summed E-state index contributed by atoms with van der Waals surface area (Å²) in [6.45, 7) is 0.175. The minimum absolute atomic E-state index is 0.175. The normalized spacial score (nSPS) is 16.6. The lowest BCUT2D eigenvalue weighted by Crippen LogP contribution is -2.17. The molecule has 5 rings (SSSR count). The molecular weight excluding hydrogens is 388 g/mol. The van der Waals surface area contributed by atoms with Crippen LogP contribution in [0, 0.1) is 0 Å². The topological polar surface area (TPSA) is 78.4 Å². The van der Waals surface area contributed by atoms with Crippen LogP contribution in [-0.4, -0.2) is 28.2 Å². The second-order valence-electron chi connectivity index (χ2n) is 5.87. The van der Waals surface area contributed by atoms with Crippen molar-refractivity contribution < 1.29 is 14.2 Å². The lowest BCUT2D eigenvalue weighted by molar-refractivity contribution is 0.173. The van der Waals surface area contributed by atoms with Crippen LogP contribution in [0.25, 0.3) is 11.3 Å². The van der Waals surface area contributed by atoms with Crippen molar-refractivity contribution in [1.29, 1.82) is 0 Å². The summed E-state index contributed by atoms with van der Waals surface area (Å²) < 4.78 is 17.1. The molecule has 9 heteroatoms. The maximum atomic E-state index is 6.50. The zero-order valence-electron chi connectivity index (χ0n) is 14.1. The number of benzene rings is 2. The van der Waals surface area contributed by atoms with Gasteiger partial charge in [-0.2, -0.15) is 4.98 Å². The summed E-state index contributed by atoms with van der Waals surface area (Å²) in [7, 11) is 0. The van der Waals surface area contributed by atoms with Crippen LogP contribution in [0.15, 0.2) is 41.6 Å². The Kier molecular flexibility index (Phi) is 3.95. The maximum absolute atomic E-state index is 6.50. The number of fused-ring (bicyclic) bond motifs is 4. The van der Waals surface area contributed by atoms with Crippen molar-refractivity contribution in [3.8, 4) is 28.6 Å². The molecule has 1 N–H and O–H groups in total. The van der Waals surface area contributed by atoms with E-state index in [1.165, 1.54) is 11.8 Å². The molecule has 0 saturated carbocycles. The van der Waals surface area contributed by atoms with Gasteiger partial charge in [-0.25, -0.2) is 0 Å². The van der Waals surface area contributed by atoms with E-state index in [1.54, 1.807) is 6.07 Å². The van der Waals surface area contributed by atoms with Gasteiger partial charge in [-0.3, -0.25) is 0 Å². The summed E-state index contributed by atoms with van der Waals surface area (Å²) in [5.41, 5.74) is 3.01. The number of nitrogens with one attached hydrogen (secondary N) is 1. The average molecular weight is 401 g/mol. The van der Waals surface area contributed by atoms with E-state index >= 15 is 0 Å². The van der Waals surface area contributed by atoms with Crippen molar-refractivity contribution >= 4 is 29.1 Å². The van der Waals surface area contributed by atoms with Gasteiger partial charge in [-0.1, -0.05) is 41.6 Å². The monoisotopic (exact) mass is 400 g/mol. The molecule has 0 radical (unpaired) electrons. The second kappa shape index (κ2) is 6.47. The van der Waals surface area contributed by atoms with Gasteiger partial charge in [0.2, 0.25) is 17.8 Å². The SMILES string of the molecule is CSc1nnc2c(n1)O[C@H](c1cc3c(cc1Cl)OCO3)Nc1ccccc1-2. The highest BCUT2D eigenvalue weighted by Crippen LogP contribution is 2.43. The van der Waals surface area contributed by atoms with E-state index in [2.05, 4.69) is 20.5 Å². The largest absolute Gasteiger partial charge is 0.454 e. The van der Waals surface area contributed by atoms with Crippen LogP contribution in [0.3, 0.4) is 0 Å². The highest BCUT2D eigenvalue weighted by Gasteiger charge is 2.29. The third-order valence-electron chi connectivity index (χ3n) is 4.29. The highest BCUT2D eigenvalue weighted by molar-refractivity contribution is 7.98. The standard InChI is InChI=1S/C18H13ClN4O3S/c1-27-18-21-17-15(22-23-18)9-4-2-3-5-12(9)20-16(26-17)10-6-13-14(7-11(10)19)25-8-24-13/h2-7,16,20H,8H2,1H3/t16-/m1/s1. The molecule has 0 unspecified atom stereocenters. The van der Waals surface area contributed by atoms with Gasteiger partial charge in [-0.15, -0.1) is 10.2 Å². The summed E-state index contributed by atoms with van der Waals surface area (Å²) in [4.78, 5) is 4.50. The molecule has 2 aromatic carbocycles. The Morgan fingerprint density at radius 2 is 1.96 bits per heavy atom.